The molecule has 0 rings (SSSR count). The van der Waals surface area contributed by atoms with Gasteiger partial charge in [0.1, 0.15) is 0 Å². The molecule has 0 aromatic rings. The lowest BCUT2D eigenvalue weighted by molar-refractivity contribution is -0.360. The van der Waals surface area contributed by atoms with Crippen LogP contribution in [-0.4, -0.2) is 17.0 Å². The summed E-state index contributed by atoms with van der Waals surface area (Å²) >= 11 is 0. The van der Waals surface area contributed by atoms with E-state index in [-0.39, 0.29) is 0 Å². The van der Waals surface area contributed by atoms with Crippen LogP contribution in [-0.2, 0) is 0 Å². The van der Waals surface area contributed by atoms with Crippen LogP contribution in [0.5, 0.6) is 0 Å². The molecule has 0 saturated heterocycles. The molecule has 0 aliphatic carbocycles. The second kappa shape index (κ2) is 4.47. The number of quaternary nitrogens is 1. The van der Waals surface area contributed by atoms with Crippen LogP contribution in [0.1, 0.15) is 20.8 Å². The minimum atomic E-state index is 0.403. The molecule has 0 aromatic heterocycles. The second-order valence-corrected chi connectivity index (χ2v) is 6.11. The fraction of sp³-hybridized carbons (Fsp3) is 1.00. The van der Waals surface area contributed by atoms with Gasteiger partial charge in [0.15, 0.2) is 0 Å². The molecule has 0 aromatic carbocycles. The van der Waals surface area contributed by atoms with Crippen LogP contribution in [0.4, 0.5) is 0 Å². The van der Waals surface area contributed by atoms with Gasteiger partial charge in [0, 0.05) is 4.75 Å². The molecule has 0 saturated carbocycles. The molecule has 0 fully saturated rings. The highest BCUT2D eigenvalue weighted by atomic mass is 33.1. The van der Waals surface area contributed by atoms with Crippen molar-refractivity contribution in [1.29, 1.82) is 0 Å². The van der Waals surface area contributed by atoms with Gasteiger partial charge in [-0.05, 0) is 0 Å². The Morgan fingerprint density at radius 2 is 1.89 bits per heavy atom. The largest absolute Gasteiger partial charge is 0.357 e. The third-order valence-electron chi connectivity index (χ3n) is 0.537. The van der Waals surface area contributed by atoms with Crippen LogP contribution in [0.15, 0.2) is 0 Å². The zero-order valence-electron chi connectivity index (χ0n) is 6.44. The van der Waals surface area contributed by atoms with Crippen LogP contribution in [0.25, 0.3) is 0 Å². The molecule has 56 valence electrons. The molecule has 0 radical (unpaired) electrons. The summed E-state index contributed by atoms with van der Waals surface area (Å²) in [6.07, 6.45) is 0. The minimum absolute atomic E-state index is 0.403. The Morgan fingerprint density at radius 3 is 2.22 bits per heavy atom. The summed E-state index contributed by atoms with van der Waals surface area (Å²) in [7, 11) is 3.85. The van der Waals surface area contributed by atoms with Gasteiger partial charge in [-0.1, -0.05) is 42.4 Å². The van der Waals surface area contributed by atoms with Crippen molar-refractivity contribution in [1.82, 2.24) is 0 Å². The van der Waals surface area contributed by atoms with E-state index in [1.54, 1.807) is 0 Å². The first-order valence-corrected chi connectivity index (χ1v) is 5.48. The van der Waals surface area contributed by atoms with Crippen molar-refractivity contribution >= 4 is 21.6 Å². The van der Waals surface area contributed by atoms with Crippen molar-refractivity contribution in [3.05, 3.63) is 0 Å². The first-order chi connectivity index (χ1) is 4.06. The van der Waals surface area contributed by atoms with E-state index in [1.807, 2.05) is 21.6 Å². The van der Waals surface area contributed by atoms with Crippen LogP contribution in [0, 0.1) is 0 Å². The molecule has 0 unspecified atom stereocenters. The Labute approximate surface area is 65.6 Å². The molecule has 0 heterocycles. The predicted molar refractivity (Wildman–Crippen MR) is 47.6 cm³/mol. The molecule has 3 heteroatoms. The van der Waals surface area contributed by atoms with E-state index in [0.717, 1.165) is 6.54 Å². The van der Waals surface area contributed by atoms with Gasteiger partial charge in [-0.2, -0.15) is 0 Å². The Hall–Kier alpha value is 0.660. The summed E-state index contributed by atoms with van der Waals surface area (Å²) in [5.41, 5.74) is 3.77. The van der Waals surface area contributed by atoms with Gasteiger partial charge < -0.3 is 5.73 Å². The Bertz CT molecular complexity index is 67.9. The normalized spacial score (nSPS) is 12.0. The maximum atomic E-state index is 3.77. The zero-order chi connectivity index (χ0) is 7.33. The van der Waals surface area contributed by atoms with Crippen LogP contribution >= 0.6 is 21.6 Å². The van der Waals surface area contributed by atoms with Crippen molar-refractivity contribution in [3.63, 3.8) is 0 Å². The van der Waals surface area contributed by atoms with E-state index in [4.69, 9.17) is 0 Å². The molecule has 3 N–H and O–H groups in total. The molecule has 0 bridgehead atoms. The quantitative estimate of drug-likeness (QED) is 0.507. The van der Waals surface area contributed by atoms with Crippen molar-refractivity contribution in [3.8, 4) is 0 Å². The molecule has 0 aliphatic rings. The average Bonchev–Trinajstić information content (AvgIpc) is 1.63. The summed E-state index contributed by atoms with van der Waals surface area (Å²) in [5, 5.41) is 0. The second-order valence-electron chi connectivity index (χ2n) is 2.87. The highest BCUT2D eigenvalue weighted by Crippen LogP contribution is 2.34. The number of hydrogen-bond acceptors (Lipinski definition) is 2. The minimum Gasteiger partial charge on any atom is -0.357 e. The van der Waals surface area contributed by atoms with Crippen molar-refractivity contribution in [2.45, 2.75) is 25.5 Å². The highest BCUT2D eigenvalue weighted by Gasteiger charge is 2.09. The highest BCUT2D eigenvalue weighted by molar-refractivity contribution is 8.77. The maximum absolute atomic E-state index is 3.77. The third-order valence-corrected chi connectivity index (χ3v) is 3.96. The first kappa shape index (κ1) is 9.66. The molecular formula is C6H16NS2+. The standard InChI is InChI=1S/C6H15NS2/c1-6(2,3)9-8-5-4-7/h4-5,7H2,1-3H3/p+1. The van der Waals surface area contributed by atoms with Gasteiger partial charge >= 0.3 is 0 Å². The van der Waals surface area contributed by atoms with E-state index < -0.39 is 0 Å². The zero-order valence-corrected chi connectivity index (χ0v) is 8.07. The van der Waals surface area contributed by atoms with E-state index in [0.29, 0.717) is 4.75 Å². The van der Waals surface area contributed by atoms with E-state index in [1.165, 1.54) is 5.75 Å². The maximum Gasteiger partial charge on any atom is 0.0840 e. The van der Waals surface area contributed by atoms with Gasteiger partial charge in [-0.3, -0.25) is 0 Å². The van der Waals surface area contributed by atoms with Crippen molar-refractivity contribution in [2.24, 2.45) is 0 Å². The van der Waals surface area contributed by atoms with E-state index in [2.05, 4.69) is 26.5 Å². The topological polar surface area (TPSA) is 27.6 Å². The van der Waals surface area contributed by atoms with Gasteiger partial charge in [0.25, 0.3) is 0 Å². The predicted octanol–water partition coefficient (Wildman–Crippen LogP) is 1.41. The molecule has 1 nitrogen and oxygen atoms in total. The first-order valence-electron chi connectivity index (χ1n) is 3.16. The molecule has 0 aliphatic heterocycles. The number of rotatable bonds is 3. The van der Waals surface area contributed by atoms with Gasteiger partial charge in [-0.15, -0.1) is 0 Å². The van der Waals surface area contributed by atoms with Crippen molar-refractivity contribution in [2.75, 3.05) is 12.3 Å². The Kier molecular flexibility index (Phi) is 4.80. The monoisotopic (exact) mass is 166 g/mol. The fourth-order valence-corrected chi connectivity index (χ4v) is 2.50. The Balaban J connectivity index is 3.07. The lowest BCUT2D eigenvalue weighted by atomic mass is 10.3. The van der Waals surface area contributed by atoms with Crippen LogP contribution < -0.4 is 5.73 Å². The summed E-state index contributed by atoms with van der Waals surface area (Å²) < 4.78 is 0.403. The van der Waals surface area contributed by atoms with E-state index >= 15 is 0 Å². The molecule has 0 spiro atoms. The lowest BCUT2D eigenvalue weighted by Gasteiger charge is -2.15. The van der Waals surface area contributed by atoms with Gasteiger partial charge in [0.05, 0.1) is 12.3 Å². The molecule has 0 atom stereocenters. The van der Waals surface area contributed by atoms with Crippen molar-refractivity contribution < 1.29 is 5.73 Å². The molecule has 9 heavy (non-hydrogen) atoms. The van der Waals surface area contributed by atoms with Crippen LogP contribution in [0.2, 0.25) is 0 Å². The van der Waals surface area contributed by atoms with Gasteiger partial charge in [-0.25, -0.2) is 0 Å². The van der Waals surface area contributed by atoms with E-state index in [9.17, 15) is 0 Å². The smallest absolute Gasteiger partial charge is 0.0840 e. The summed E-state index contributed by atoms with van der Waals surface area (Å²) in [5.74, 6) is 1.17. The summed E-state index contributed by atoms with van der Waals surface area (Å²) in [6.45, 7) is 7.73. The fourth-order valence-electron chi connectivity index (χ4n) is 0.277. The third kappa shape index (κ3) is 8.66. The SMILES string of the molecule is CC(C)(C)SSCC[NH3+]. The summed E-state index contributed by atoms with van der Waals surface area (Å²) in [6, 6.07) is 0. The average molecular weight is 166 g/mol. The molecular weight excluding hydrogens is 150 g/mol. The van der Waals surface area contributed by atoms with Gasteiger partial charge in [0.2, 0.25) is 0 Å². The lowest BCUT2D eigenvalue weighted by Crippen LogP contribution is -2.51. The Morgan fingerprint density at radius 1 is 1.33 bits per heavy atom. The molecule has 0 amide bonds. The van der Waals surface area contributed by atoms with Crippen LogP contribution in [0.3, 0.4) is 0 Å². The number of hydrogen-bond donors (Lipinski definition) is 1. The summed E-state index contributed by atoms with van der Waals surface area (Å²) in [4.78, 5) is 0.